The Morgan fingerprint density at radius 3 is 2.74 bits per heavy atom. The van der Waals surface area contributed by atoms with Crippen LogP contribution in [-0.4, -0.2) is 49.9 Å². The van der Waals surface area contributed by atoms with Gasteiger partial charge in [-0.25, -0.2) is 0 Å². The highest BCUT2D eigenvalue weighted by Crippen LogP contribution is 1.99. The standard InChI is InChI=1S/C12H16N2O5/c1-14(6-5-11(16)18-2)10(15)8-13-12(17)9-4-3-7-19-9/h3-4,7H,5-6,8H2,1-2H3,(H,13,17). The molecule has 0 aliphatic heterocycles. The number of ether oxygens (including phenoxy) is 1. The first-order valence-electron chi connectivity index (χ1n) is 5.67. The van der Waals surface area contributed by atoms with Gasteiger partial charge in [-0.05, 0) is 12.1 Å². The summed E-state index contributed by atoms with van der Waals surface area (Å²) in [4.78, 5) is 35.4. The predicted molar refractivity (Wildman–Crippen MR) is 65.3 cm³/mol. The van der Waals surface area contributed by atoms with Crippen molar-refractivity contribution in [3.05, 3.63) is 24.2 Å². The van der Waals surface area contributed by atoms with Crippen LogP contribution in [0.2, 0.25) is 0 Å². The molecule has 0 fully saturated rings. The molecule has 7 heteroatoms. The Balaban J connectivity index is 2.30. The monoisotopic (exact) mass is 268 g/mol. The van der Waals surface area contributed by atoms with Crippen molar-refractivity contribution in [1.82, 2.24) is 10.2 Å². The molecule has 7 nitrogen and oxygen atoms in total. The van der Waals surface area contributed by atoms with Crippen LogP contribution in [0.3, 0.4) is 0 Å². The fourth-order valence-corrected chi connectivity index (χ4v) is 1.27. The van der Waals surface area contributed by atoms with Gasteiger partial charge >= 0.3 is 5.97 Å². The average molecular weight is 268 g/mol. The van der Waals surface area contributed by atoms with Gasteiger partial charge in [0.15, 0.2) is 5.76 Å². The van der Waals surface area contributed by atoms with Crippen molar-refractivity contribution in [1.29, 1.82) is 0 Å². The van der Waals surface area contributed by atoms with Gasteiger partial charge in [-0.2, -0.15) is 0 Å². The summed E-state index contributed by atoms with van der Waals surface area (Å²) in [5.41, 5.74) is 0. The second-order valence-corrected chi connectivity index (χ2v) is 3.80. The summed E-state index contributed by atoms with van der Waals surface area (Å²) in [7, 11) is 2.83. The topological polar surface area (TPSA) is 88.9 Å². The molecule has 0 bridgehead atoms. The van der Waals surface area contributed by atoms with Gasteiger partial charge in [0.25, 0.3) is 5.91 Å². The first-order chi connectivity index (χ1) is 9.04. The van der Waals surface area contributed by atoms with E-state index in [0.717, 1.165) is 0 Å². The van der Waals surface area contributed by atoms with Crippen LogP contribution in [0.5, 0.6) is 0 Å². The molecule has 0 radical (unpaired) electrons. The molecule has 1 rings (SSSR count). The van der Waals surface area contributed by atoms with Crippen LogP contribution in [-0.2, 0) is 14.3 Å². The second-order valence-electron chi connectivity index (χ2n) is 3.80. The molecule has 0 aliphatic rings. The number of furan rings is 1. The Bertz CT molecular complexity index is 441. The fourth-order valence-electron chi connectivity index (χ4n) is 1.27. The minimum Gasteiger partial charge on any atom is -0.469 e. The normalized spacial score (nSPS) is 9.79. The highest BCUT2D eigenvalue weighted by Gasteiger charge is 2.14. The average Bonchev–Trinajstić information content (AvgIpc) is 2.95. The number of rotatable bonds is 6. The molecule has 0 unspecified atom stereocenters. The molecule has 1 heterocycles. The number of nitrogens with one attached hydrogen (secondary N) is 1. The lowest BCUT2D eigenvalue weighted by Crippen LogP contribution is -2.38. The van der Waals surface area contributed by atoms with Gasteiger partial charge in [-0.1, -0.05) is 0 Å². The largest absolute Gasteiger partial charge is 0.469 e. The third-order valence-corrected chi connectivity index (χ3v) is 2.45. The Morgan fingerprint density at radius 1 is 1.42 bits per heavy atom. The quantitative estimate of drug-likeness (QED) is 0.735. The van der Waals surface area contributed by atoms with Crippen LogP contribution >= 0.6 is 0 Å². The van der Waals surface area contributed by atoms with Gasteiger partial charge in [0, 0.05) is 13.6 Å². The number of methoxy groups -OCH3 is 1. The predicted octanol–water partition coefficient (Wildman–Crippen LogP) is 0.0309. The van der Waals surface area contributed by atoms with E-state index in [0.29, 0.717) is 0 Å². The number of esters is 1. The second kappa shape index (κ2) is 7.20. The summed E-state index contributed by atoms with van der Waals surface area (Å²) in [6.07, 6.45) is 1.49. The van der Waals surface area contributed by atoms with Crippen LogP contribution in [0.25, 0.3) is 0 Å². The highest BCUT2D eigenvalue weighted by atomic mass is 16.5. The number of hydrogen-bond acceptors (Lipinski definition) is 5. The van der Waals surface area contributed by atoms with Gasteiger partial charge in [0.2, 0.25) is 5.91 Å². The lowest BCUT2D eigenvalue weighted by Gasteiger charge is -2.16. The first kappa shape index (κ1) is 14.7. The Labute approximate surface area is 110 Å². The molecule has 19 heavy (non-hydrogen) atoms. The summed E-state index contributed by atoms with van der Waals surface area (Å²) in [5.74, 6) is -1.01. The van der Waals surface area contributed by atoms with E-state index >= 15 is 0 Å². The maximum atomic E-state index is 11.6. The molecular formula is C12H16N2O5. The number of hydrogen-bond donors (Lipinski definition) is 1. The van der Waals surface area contributed by atoms with E-state index in [1.807, 2.05) is 0 Å². The molecule has 0 atom stereocenters. The fraction of sp³-hybridized carbons (Fsp3) is 0.417. The maximum Gasteiger partial charge on any atom is 0.307 e. The van der Waals surface area contributed by atoms with Crippen LogP contribution < -0.4 is 5.32 Å². The first-order valence-corrected chi connectivity index (χ1v) is 5.67. The molecule has 2 amide bonds. The number of nitrogens with zero attached hydrogens (tertiary/aromatic N) is 1. The van der Waals surface area contributed by atoms with Crippen molar-refractivity contribution in [3.8, 4) is 0 Å². The van der Waals surface area contributed by atoms with Gasteiger partial charge in [0.1, 0.15) is 0 Å². The van der Waals surface area contributed by atoms with E-state index in [1.54, 1.807) is 13.1 Å². The number of carbonyl (C=O) groups excluding carboxylic acids is 3. The van der Waals surface area contributed by atoms with E-state index in [9.17, 15) is 14.4 Å². The van der Waals surface area contributed by atoms with Crippen molar-refractivity contribution in [3.63, 3.8) is 0 Å². The van der Waals surface area contributed by atoms with Gasteiger partial charge in [-0.3, -0.25) is 14.4 Å². The SMILES string of the molecule is COC(=O)CCN(C)C(=O)CNC(=O)c1ccco1. The summed E-state index contributed by atoms with van der Waals surface area (Å²) in [6, 6.07) is 3.08. The van der Waals surface area contributed by atoms with Crippen LogP contribution in [0.1, 0.15) is 17.0 Å². The van der Waals surface area contributed by atoms with E-state index in [2.05, 4.69) is 10.1 Å². The van der Waals surface area contributed by atoms with Crippen molar-refractivity contribution < 1.29 is 23.5 Å². The van der Waals surface area contributed by atoms with Crippen molar-refractivity contribution in [2.75, 3.05) is 27.2 Å². The summed E-state index contributed by atoms with van der Waals surface area (Å²) in [5, 5.41) is 2.43. The molecule has 1 N–H and O–H groups in total. The molecule has 1 aromatic rings. The third-order valence-electron chi connectivity index (χ3n) is 2.45. The molecule has 1 aromatic heterocycles. The van der Waals surface area contributed by atoms with Gasteiger partial charge in [-0.15, -0.1) is 0 Å². The summed E-state index contributed by atoms with van der Waals surface area (Å²) >= 11 is 0. The van der Waals surface area contributed by atoms with Gasteiger partial charge < -0.3 is 19.4 Å². The Morgan fingerprint density at radius 2 is 2.16 bits per heavy atom. The minimum absolute atomic E-state index is 0.116. The third kappa shape index (κ3) is 4.82. The van der Waals surface area contributed by atoms with E-state index in [-0.39, 0.29) is 37.1 Å². The zero-order valence-corrected chi connectivity index (χ0v) is 10.8. The van der Waals surface area contributed by atoms with E-state index in [4.69, 9.17) is 4.42 Å². The van der Waals surface area contributed by atoms with E-state index in [1.165, 1.54) is 24.3 Å². The Kier molecular flexibility index (Phi) is 5.59. The molecule has 0 aromatic carbocycles. The number of likely N-dealkylation sites (N-methyl/N-ethyl adjacent to an activating group) is 1. The zero-order valence-electron chi connectivity index (χ0n) is 10.8. The van der Waals surface area contributed by atoms with Gasteiger partial charge in [0.05, 0.1) is 26.3 Å². The van der Waals surface area contributed by atoms with Crippen molar-refractivity contribution in [2.24, 2.45) is 0 Å². The van der Waals surface area contributed by atoms with Crippen LogP contribution in [0, 0.1) is 0 Å². The Hall–Kier alpha value is -2.31. The molecule has 104 valence electrons. The molecule has 0 saturated carbocycles. The highest BCUT2D eigenvalue weighted by molar-refractivity contribution is 5.94. The maximum absolute atomic E-state index is 11.6. The van der Waals surface area contributed by atoms with E-state index < -0.39 is 5.91 Å². The molecule has 0 aliphatic carbocycles. The number of amides is 2. The lowest BCUT2D eigenvalue weighted by atomic mass is 10.3. The molecular weight excluding hydrogens is 252 g/mol. The molecule has 0 saturated heterocycles. The van der Waals surface area contributed by atoms with Crippen LogP contribution in [0.15, 0.2) is 22.8 Å². The minimum atomic E-state index is -0.459. The van der Waals surface area contributed by atoms with Crippen LogP contribution in [0.4, 0.5) is 0 Å². The zero-order chi connectivity index (χ0) is 14.3. The lowest BCUT2D eigenvalue weighted by molar-refractivity contribution is -0.141. The molecule has 0 spiro atoms. The summed E-state index contributed by atoms with van der Waals surface area (Å²) in [6.45, 7) is 0.0827. The smallest absolute Gasteiger partial charge is 0.307 e. The summed E-state index contributed by atoms with van der Waals surface area (Å²) < 4.78 is 9.35. The van der Waals surface area contributed by atoms with Crippen molar-refractivity contribution in [2.45, 2.75) is 6.42 Å². The number of carbonyl (C=O) groups is 3. The van der Waals surface area contributed by atoms with Crippen molar-refractivity contribution >= 4 is 17.8 Å².